The van der Waals surface area contributed by atoms with Crippen LogP contribution in [0, 0.1) is 6.92 Å². The summed E-state index contributed by atoms with van der Waals surface area (Å²) >= 11 is 0. The molecule has 1 aromatic heterocycles. The summed E-state index contributed by atoms with van der Waals surface area (Å²) in [5, 5.41) is 0.824. The van der Waals surface area contributed by atoms with Gasteiger partial charge in [-0.25, -0.2) is 10.6 Å². The molecule has 0 saturated carbocycles. The van der Waals surface area contributed by atoms with Gasteiger partial charge in [0.25, 0.3) is 5.91 Å². The number of hydrazine groups is 1. The van der Waals surface area contributed by atoms with Crippen LogP contribution in [0.5, 0.6) is 0 Å². The molecular weight excluding hydrogens is 280 g/mol. The van der Waals surface area contributed by atoms with Gasteiger partial charge in [-0.15, -0.1) is 0 Å². The Labute approximate surface area is 126 Å². The fourth-order valence-corrected chi connectivity index (χ4v) is 2.39. The summed E-state index contributed by atoms with van der Waals surface area (Å²) in [4.78, 5) is 23.9. The molecule has 0 bridgehead atoms. The summed E-state index contributed by atoms with van der Waals surface area (Å²) in [5.74, 6) is 4.74. The smallest absolute Gasteiger partial charge is 0.344 e. The van der Waals surface area contributed by atoms with Crippen LogP contribution in [0.4, 0.5) is 0 Å². The van der Waals surface area contributed by atoms with Crippen LogP contribution in [0.2, 0.25) is 0 Å². The normalized spacial score (nSPS) is 10.6. The maximum absolute atomic E-state index is 12.2. The highest BCUT2D eigenvalue weighted by Gasteiger charge is 2.13. The van der Waals surface area contributed by atoms with Gasteiger partial charge in [0, 0.05) is 10.9 Å². The molecule has 0 fully saturated rings. The number of nitrogens with two attached hydrogens (primary N) is 1. The third kappa shape index (κ3) is 2.38. The molecule has 1 amide bonds. The zero-order valence-corrected chi connectivity index (χ0v) is 11.9. The van der Waals surface area contributed by atoms with Gasteiger partial charge in [0.05, 0.1) is 5.56 Å². The molecule has 0 unspecified atom stereocenters. The van der Waals surface area contributed by atoms with Crippen LogP contribution < -0.4 is 16.9 Å². The number of carbonyl (C=O) groups excluding carboxylic acids is 1. The summed E-state index contributed by atoms with van der Waals surface area (Å²) in [6.07, 6.45) is 0. The van der Waals surface area contributed by atoms with E-state index < -0.39 is 11.5 Å². The fraction of sp³-hybridized carbons (Fsp3) is 0.0588. The maximum Gasteiger partial charge on any atom is 0.344 e. The number of nitrogen functional groups attached to an aromatic ring is 1. The predicted molar refractivity (Wildman–Crippen MR) is 84.3 cm³/mol. The van der Waals surface area contributed by atoms with Crippen molar-refractivity contribution in [3.63, 3.8) is 0 Å². The first kappa shape index (κ1) is 14.0. The highest BCUT2D eigenvalue weighted by molar-refractivity contribution is 5.95. The first-order chi connectivity index (χ1) is 10.6. The topological polar surface area (TPSA) is 85.3 Å². The Morgan fingerprint density at radius 2 is 1.86 bits per heavy atom. The Balaban J connectivity index is 2.24. The number of para-hydroxylation sites is 1. The first-order valence-corrected chi connectivity index (χ1v) is 6.75. The van der Waals surface area contributed by atoms with Gasteiger partial charge >= 0.3 is 5.63 Å². The van der Waals surface area contributed by atoms with Crippen molar-refractivity contribution < 1.29 is 9.21 Å². The summed E-state index contributed by atoms with van der Waals surface area (Å²) in [6, 6.07) is 14.1. The zero-order chi connectivity index (χ0) is 15.7. The Morgan fingerprint density at radius 1 is 1.09 bits per heavy atom. The van der Waals surface area contributed by atoms with E-state index in [4.69, 9.17) is 10.3 Å². The Hall–Kier alpha value is -2.92. The van der Waals surface area contributed by atoms with E-state index in [2.05, 4.69) is 5.43 Å². The van der Waals surface area contributed by atoms with Crippen LogP contribution in [0.3, 0.4) is 0 Å². The Kier molecular flexibility index (Phi) is 3.48. The lowest BCUT2D eigenvalue weighted by atomic mass is 9.98. The van der Waals surface area contributed by atoms with Crippen LogP contribution in [-0.2, 0) is 0 Å². The molecule has 1 heterocycles. The van der Waals surface area contributed by atoms with Crippen LogP contribution in [0.25, 0.3) is 22.1 Å². The van der Waals surface area contributed by atoms with Crippen molar-refractivity contribution in [2.45, 2.75) is 6.92 Å². The summed E-state index contributed by atoms with van der Waals surface area (Å²) < 4.78 is 5.35. The number of amides is 1. The van der Waals surface area contributed by atoms with Crippen molar-refractivity contribution in [2.24, 2.45) is 5.84 Å². The molecule has 110 valence electrons. The van der Waals surface area contributed by atoms with Crippen LogP contribution >= 0.6 is 0 Å². The fourth-order valence-electron chi connectivity index (χ4n) is 2.39. The monoisotopic (exact) mass is 294 g/mol. The largest absolute Gasteiger partial charge is 0.422 e. The molecule has 0 aliphatic carbocycles. The van der Waals surface area contributed by atoms with E-state index >= 15 is 0 Å². The van der Waals surface area contributed by atoms with E-state index in [9.17, 15) is 9.59 Å². The number of hydrogen-bond acceptors (Lipinski definition) is 4. The third-order valence-corrected chi connectivity index (χ3v) is 3.56. The molecule has 2 aromatic carbocycles. The van der Waals surface area contributed by atoms with E-state index in [0.29, 0.717) is 22.3 Å². The van der Waals surface area contributed by atoms with Gasteiger partial charge in [-0.3, -0.25) is 10.2 Å². The number of nitrogens with one attached hydrogen (secondary N) is 1. The molecule has 0 saturated heterocycles. The first-order valence-electron chi connectivity index (χ1n) is 6.75. The average molecular weight is 294 g/mol. The van der Waals surface area contributed by atoms with Crippen molar-refractivity contribution in [3.05, 3.63) is 70.1 Å². The van der Waals surface area contributed by atoms with E-state index in [1.807, 2.05) is 25.1 Å². The third-order valence-electron chi connectivity index (χ3n) is 3.56. The van der Waals surface area contributed by atoms with E-state index in [0.717, 1.165) is 10.9 Å². The zero-order valence-electron chi connectivity index (χ0n) is 11.9. The van der Waals surface area contributed by atoms with Crippen LogP contribution in [-0.4, -0.2) is 5.91 Å². The molecule has 0 spiro atoms. The van der Waals surface area contributed by atoms with Crippen molar-refractivity contribution >= 4 is 16.9 Å². The van der Waals surface area contributed by atoms with Gasteiger partial charge in [-0.2, -0.15) is 0 Å². The predicted octanol–water partition coefficient (Wildman–Crippen LogP) is 2.37. The minimum atomic E-state index is -0.438. The number of aryl methyl sites for hydroxylation is 1. The van der Waals surface area contributed by atoms with E-state index in [-0.39, 0.29) is 0 Å². The van der Waals surface area contributed by atoms with Gasteiger partial charge in [0.2, 0.25) is 0 Å². The molecule has 0 aliphatic heterocycles. The standard InChI is InChI=1S/C17H14N2O3/c1-10-6-7-12(16(20)19-18)9-13(10)14-8-11-4-2-3-5-15(11)22-17(14)21/h2-9H,18H2,1H3,(H,19,20). The summed E-state index contributed by atoms with van der Waals surface area (Å²) in [5.41, 5.74) is 4.51. The molecule has 3 aromatic rings. The lowest BCUT2D eigenvalue weighted by molar-refractivity contribution is 0.0953. The van der Waals surface area contributed by atoms with Gasteiger partial charge < -0.3 is 4.42 Å². The van der Waals surface area contributed by atoms with E-state index in [1.165, 1.54) is 0 Å². The number of fused-ring (bicyclic) bond motifs is 1. The van der Waals surface area contributed by atoms with Gasteiger partial charge in [-0.1, -0.05) is 24.3 Å². The van der Waals surface area contributed by atoms with Crippen LogP contribution in [0.15, 0.2) is 57.7 Å². The van der Waals surface area contributed by atoms with Crippen LogP contribution in [0.1, 0.15) is 15.9 Å². The summed E-state index contributed by atoms with van der Waals surface area (Å²) in [7, 11) is 0. The Bertz CT molecular complexity index is 929. The SMILES string of the molecule is Cc1ccc(C(=O)NN)cc1-c1cc2ccccc2oc1=O. The molecule has 0 radical (unpaired) electrons. The highest BCUT2D eigenvalue weighted by atomic mass is 16.4. The maximum atomic E-state index is 12.2. The lowest BCUT2D eigenvalue weighted by Gasteiger charge is -2.08. The highest BCUT2D eigenvalue weighted by Crippen LogP contribution is 2.25. The molecule has 0 atom stereocenters. The molecule has 5 nitrogen and oxygen atoms in total. The number of hydrogen-bond donors (Lipinski definition) is 2. The second kappa shape index (κ2) is 5.46. The molecule has 3 rings (SSSR count). The van der Waals surface area contributed by atoms with Crippen molar-refractivity contribution in [2.75, 3.05) is 0 Å². The average Bonchev–Trinajstić information content (AvgIpc) is 2.54. The van der Waals surface area contributed by atoms with E-state index in [1.54, 1.807) is 30.3 Å². The molecular formula is C17H14N2O3. The number of carbonyl (C=O) groups is 1. The molecule has 3 N–H and O–H groups in total. The molecule has 5 heteroatoms. The quantitative estimate of drug-likeness (QED) is 0.329. The second-order valence-corrected chi connectivity index (χ2v) is 4.99. The van der Waals surface area contributed by atoms with Crippen molar-refractivity contribution in [1.29, 1.82) is 0 Å². The minimum absolute atomic E-state index is 0.385. The summed E-state index contributed by atoms with van der Waals surface area (Å²) in [6.45, 7) is 1.87. The molecule has 22 heavy (non-hydrogen) atoms. The lowest BCUT2D eigenvalue weighted by Crippen LogP contribution is -2.30. The number of benzene rings is 2. The minimum Gasteiger partial charge on any atom is -0.422 e. The van der Waals surface area contributed by atoms with Gasteiger partial charge in [0.15, 0.2) is 0 Å². The van der Waals surface area contributed by atoms with Gasteiger partial charge in [0.1, 0.15) is 5.58 Å². The Morgan fingerprint density at radius 3 is 2.64 bits per heavy atom. The second-order valence-electron chi connectivity index (χ2n) is 4.99. The molecule has 0 aliphatic rings. The van der Waals surface area contributed by atoms with Crippen molar-refractivity contribution in [3.8, 4) is 11.1 Å². The van der Waals surface area contributed by atoms with Gasteiger partial charge in [-0.05, 0) is 42.3 Å². The van der Waals surface area contributed by atoms with Crippen molar-refractivity contribution in [1.82, 2.24) is 5.43 Å². The number of rotatable bonds is 2.